The zero-order valence-electron chi connectivity index (χ0n) is 18.7. The van der Waals surface area contributed by atoms with Crippen LogP contribution in [0, 0.1) is 31.6 Å². The number of hydrogen-bond donors (Lipinski definition) is 1. The minimum atomic E-state index is -3.77. The van der Waals surface area contributed by atoms with E-state index in [9.17, 15) is 8.42 Å². The van der Waals surface area contributed by atoms with Gasteiger partial charge in [0.1, 0.15) is 0 Å². The number of nitrogens with one attached hydrogen (secondary N) is 1. The van der Waals surface area contributed by atoms with Crippen molar-refractivity contribution in [1.29, 1.82) is 0 Å². The second kappa shape index (κ2) is 7.36. The molecular formula is C22H34N2O4S. The summed E-state index contributed by atoms with van der Waals surface area (Å²) >= 11 is 0. The molecule has 162 valence electrons. The van der Waals surface area contributed by atoms with Crippen LogP contribution in [-0.4, -0.2) is 33.1 Å². The average Bonchev–Trinajstić information content (AvgIpc) is 2.57. The maximum atomic E-state index is 13.0. The third kappa shape index (κ3) is 4.09. The molecule has 1 spiro atoms. The summed E-state index contributed by atoms with van der Waals surface area (Å²) < 4.78 is 38.5. The molecule has 1 aromatic carbocycles. The highest BCUT2D eigenvalue weighted by molar-refractivity contribution is 7.89. The summed E-state index contributed by atoms with van der Waals surface area (Å²) in [5, 5.41) is 4.39. The molecule has 2 aliphatic rings. The molecule has 6 nitrogen and oxygen atoms in total. The number of nitrogens with zero attached hydrogens (tertiary/aromatic N) is 1. The summed E-state index contributed by atoms with van der Waals surface area (Å²) in [5.41, 5.74) is 2.66. The molecule has 0 bridgehead atoms. The summed E-state index contributed by atoms with van der Waals surface area (Å²) in [5.74, 6) is -0.763. The Hall–Kier alpha value is -1.44. The van der Waals surface area contributed by atoms with Gasteiger partial charge in [-0.1, -0.05) is 31.5 Å². The first-order valence-corrected chi connectivity index (χ1v) is 11.7. The van der Waals surface area contributed by atoms with Gasteiger partial charge >= 0.3 is 0 Å². The van der Waals surface area contributed by atoms with Crippen LogP contribution >= 0.6 is 0 Å². The van der Waals surface area contributed by atoms with Gasteiger partial charge in [-0.15, -0.1) is 0 Å². The molecule has 1 aliphatic carbocycles. The Labute approximate surface area is 175 Å². The number of benzene rings is 1. The monoisotopic (exact) mass is 422 g/mol. The second-order valence-electron chi connectivity index (χ2n) is 9.85. The molecule has 0 atom stereocenters. The van der Waals surface area contributed by atoms with E-state index in [0.29, 0.717) is 24.5 Å². The topological polar surface area (TPSA) is 77.0 Å². The number of rotatable bonds is 3. The summed E-state index contributed by atoms with van der Waals surface area (Å²) in [7, 11) is -3.77. The molecule has 1 heterocycles. The molecule has 1 N–H and O–H groups in total. The van der Waals surface area contributed by atoms with E-state index in [0.717, 1.165) is 35.2 Å². The normalized spacial score (nSPS) is 24.6. The van der Waals surface area contributed by atoms with Crippen molar-refractivity contribution in [1.82, 2.24) is 4.83 Å². The van der Waals surface area contributed by atoms with Gasteiger partial charge in [0, 0.05) is 17.5 Å². The molecule has 1 saturated heterocycles. The zero-order valence-corrected chi connectivity index (χ0v) is 19.5. The van der Waals surface area contributed by atoms with E-state index < -0.39 is 21.2 Å². The quantitative estimate of drug-likeness (QED) is 0.740. The van der Waals surface area contributed by atoms with E-state index in [1.54, 1.807) is 0 Å². The van der Waals surface area contributed by atoms with E-state index in [4.69, 9.17) is 9.47 Å². The molecule has 1 saturated carbocycles. The highest BCUT2D eigenvalue weighted by atomic mass is 32.2. The molecular weight excluding hydrogens is 388 g/mol. The first kappa shape index (κ1) is 22.2. The molecule has 7 heteroatoms. The predicted molar refractivity (Wildman–Crippen MR) is 114 cm³/mol. The van der Waals surface area contributed by atoms with Crippen molar-refractivity contribution >= 4 is 15.7 Å². The molecule has 0 amide bonds. The van der Waals surface area contributed by atoms with Crippen LogP contribution in [-0.2, 0) is 19.5 Å². The standard InChI is InChI=1S/C22H34N2O4S/c1-15-11-16(2)19(17(3)12-15)29(25,26)24-23-18-9-8-10-22(21(18,6)7)27-13-20(4,5)14-28-22/h11-12,24H,8-10,13-14H2,1-7H3/b23-18+. The van der Waals surface area contributed by atoms with Crippen LogP contribution in [0.1, 0.15) is 63.6 Å². The van der Waals surface area contributed by atoms with Crippen molar-refractivity contribution in [3.8, 4) is 0 Å². The SMILES string of the molecule is Cc1cc(C)c(S(=O)(=O)N/N=C2\CCCC3(OCC(C)(C)CO3)C2(C)C)c(C)c1. The fraction of sp³-hybridized carbons (Fsp3) is 0.682. The van der Waals surface area contributed by atoms with E-state index >= 15 is 0 Å². The van der Waals surface area contributed by atoms with Crippen molar-refractivity contribution in [3.05, 3.63) is 28.8 Å². The lowest BCUT2D eigenvalue weighted by atomic mass is 9.69. The van der Waals surface area contributed by atoms with Crippen molar-refractivity contribution < 1.29 is 17.9 Å². The Morgan fingerprint density at radius 2 is 1.55 bits per heavy atom. The smallest absolute Gasteiger partial charge is 0.277 e. The van der Waals surface area contributed by atoms with Crippen molar-refractivity contribution in [2.24, 2.45) is 15.9 Å². The first-order chi connectivity index (χ1) is 13.3. The second-order valence-corrected chi connectivity index (χ2v) is 11.5. The molecule has 0 unspecified atom stereocenters. The van der Waals surface area contributed by atoms with Crippen LogP contribution in [0.2, 0.25) is 0 Å². The van der Waals surface area contributed by atoms with Crippen molar-refractivity contribution in [3.63, 3.8) is 0 Å². The third-order valence-electron chi connectivity index (χ3n) is 6.16. The molecule has 1 aromatic rings. The van der Waals surface area contributed by atoms with Gasteiger partial charge in [0.25, 0.3) is 10.0 Å². The Kier molecular flexibility index (Phi) is 5.65. The van der Waals surface area contributed by atoms with E-state index in [1.807, 2.05) is 46.8 Å². The zero-order chi connectivity index (χ0) is 21.7. The van der Waals surface area contributed by atoms with Gasteiger partial charge in [-0.05, 0) is 58.6 Å². The molecule has 2 fully saturated rings. The maximum Gasteiger partial charge on any atom is 0.277 e. The van der Waals surface area contributed by atoms with Crippen molar-refractivity contribution in [2.75, 3.05) is 13.2 Å². The highest BCUT2D eigenvalue weighted by Gasteiger charge is 2.55. The third-order valence-corrected chi connectivity index (χ3v) is 7.67. The van der Waals surface area contributed by atoms with Crippen LogP contribution in [0.3, 0.4) is 0 Å². The minimum Gasteiger partial charge on any atom is -0.348 e. The van der Waals surface area contributed by atoms with Crippen LogP contribution in [0.15, 0.2) is 22.1 Å². The number of hydrogen-bond acceptors (Lipinski definition) is 5. The summed E-state index contributed by atoms with van der Waals surface area (Å²) in [6, 6.07) is 3.75. The van der Waals surface area contributed by atoms with Gasteiger partial charge < -0.3 is 9.47 Å². The lowest BCUT2D eigenvalue weighted by Gasteiger charge is -2.53. The lowest BCUT2D eigenvalue weighted by molar-refractivity contribution is -0.336. The summed E-state index contributed by atoms with van der Waals surface area (Å²) in [6.45, 7) is 15.1. The summed E-state index contributed by atoms with van der Waals surface area (Å²) in [4.78, 5) is 2.78. The first-order valence-electron chi connectivity index (χ1n) is 10.2. The van der Waals surface area contributed by atoms with Gasteiger partial charge in [-0.3, -0.25) is 0 Å². The molecule has 0 aromatic heterocycles. The number of ether oxygens (including phenoxy) is 2. The van der Waals surface area contributed by atoms with E-state index in [2.05, 4.69) is 23.8 Å². The molecule has 29 heavy (non-hydrogen) atoms. The molecule has 3 rings (SSSR count). The van der Waals surface area contributed by atoms with Gasteiger partial charge in [0.05, 0.1) is 23.5 Å². The number of hydrazone groups is 1. The Balaban J connectivity index is 1.89. The minimum absolute atomic E-state index is 0.0296. The van der Waals surface area contributed by atoms with Crippen LogP contribution in [0.4, 0.5) is 0 Å². The van der Waals surface area contributed by atoms with E-state index in [1.165, 1.54) is 0 Å². The maximum absolute atomic E-state index is 13.0. The Morgan fingerprint density at radius 1 is 1.00 bits per heavy atom. The van der Waals surface area contributed by atoms with Crippen LogP contribution < -0.4 is 4.83 Å². The summed E-state index contributed by atoms with van der Waals surface area (Å²) in [6.07, 6.45) is 2.32. The fourth-order valence-electron chi connectivity index (χ4n) is 4.49. The van der Waals surface area contributed by atoms with Crippen LogP contribution in [0.25, 0.3) is 0 Å². The van der Waals surface area contributed by atoms with Gasteiger partial charge in [-0.2, -0.15) is 13.5 Å². The van der Waals surface area contributed by atoms with Crippen LogP contribution in [0.5, 0.6) is 0 Å². The van der Waals surface area contributed by atoms with Gasteiger partial charge in [0.2, 0.25) is 0 Å². The number of sulfonamides is 1. The Morgan fingerprint density at radius 3 is 2.10 bits per heavy atom. The average molecular weight is 423 g/mol. The Bertz CT molecular complexity index is 899. The van der Waals surface area contributed by atoms with Gasteiger partial charge in [-0.25, -0.2) is 4.83 Å². The van der Waals surface area contributed by atoms with Crippen molar-refractivity contribution in [2.45, 2.75) is 78.4 Å². The highest BCUT2D eigenvalue weighted by Crippen LogP contribution is 2.48. The molecule has 0 radical (unpaired) electrons. The lowest BCUT2D eigenvalue weighted by Crippen LogP contribution is -2.60. The molecule has 1 aliphatic heterocycles. The van der Waals surface area contributed by atoms with Gasteiger partial charge in [0.15, 0.2) is 5.79 Å². The number of aryl methyl sites for hydroxylation is 3. The fourth-order valence-corrected chi connectivity index (χ4v) is 5.78. The van der Waals surface area contributed by atoms with E-state index in [-0.39, 0.29) is 5.41 Å². The largest absolute Gasteiger partial charge is 0.348 e. The predicted octanol–water partition coefficient (Wildman–Crippen LogP) is 4.23.